The molecule has 0 saturated heterocycles. The smallest absolute Gasteiger partial charge is 0.161 e. The minimum absolute atomic E-state index is 0.301. The number of hydrogen-bond acceptors (Lipinski definition) is 4. The van der Waals surface area contributed by atoms with Crippen LogP contribution < -0.4 is 20.7 Å². The van der Waals surface area contributed by atoms with Crippen LogP contribution in [0.4, 0.5) is 4.39 Å². The van der Waals surface area contributed by atoms with E-state index < -0.39 is 6.04 Å². The molecular weight excluding hydrogens is 259 g/mol. The molecule has 0 bridgehead atoms. The second-order valence-corrected chi connectivity index (χ2v) is 4.52. The van der Waals surface area contributed by atoms with Crippen LogP contribution in [0.3, 0.4) is 0 Å². The monoisotopic (exact) mass is 274 g/mol. The third-order valence-corrected chi connectivity index (χ3v) is 3.28. The fraction of sp³-hybridized carbons (Fsp3) is 0.200. The molecule has 3 rings (SSSR count). The first kappa shape index (κ1) is 12.9. The molecule has 5 heteroatoms. The van der Waals surface area contributed by atoms with Crippen molar-refractivity contribution in [3.8, 4) is 11.5 Å². The normalized spacial score (nSPS) is 14.9. The van der Waals surface area contributed by atoms with Crippen molar-refractivity contribution in [3.05, 3.63) is 59.4 Å². The zero-order valence-electron chi connectivity index (χ0n) is 10.8. The lowest BCUT2D eigenvalue weighted by Crippen LogP contribution is -2.29. The molecule has 1 aliphatic heterocycles. The molecule has 104 valence electrons. The second-order valence-electron chi connectivity index (χ2n) is 4.52. The molecule has 0 spiro atoms. The summed E-state index contributed by atoms with van der Waals surface area (Å²) < 4.78 is 24.9. The maximum absolute atomic E-state index is 13.9. The summed E-state index contributed by atoms with van der Waals surface area (Å²) in [5, 5.41) is 0. The summed E-state index contributed by atoms with van der Waals surface area (Å²) in [6, 6.07) is 11.6. The fourth-order valence-corrected chi connectivity index (χ4v) is 2.31. The molecule has 2 aromatic carbocycles. The highest BCUT2D eigenvalue weighted by molar-refractivity contribution is 5.46. The Morgan fingerprint density at radius 1 is 1.05 bits per heavy atom. The Kier molecular flexibility index (Phi) is 3.54. The van der Waals surface area contributed by atoms with E-state index in [0.29, 0.717) is 30.3 Å². The summed E-state index contributed by atoms with van der Waals surface area (Å²) in [7, 11) is 0. The number of nitrogens with two attached hydrogens (primary N) is 1. The lowest BCUT2D eigenvalue weighted by molar-refractivity contribution is 0.171. The molecule has 0 aromatic heterocycles. The Morgan fingerprint density at radius 2 is 1.80 bits per heavy atom. The Labute approximate surface area is 116 Å². The first-order valence-corrected chi connectivity index (χ1v) is 6.39. The molecule has 0 amide bonds. The van der Waals surface area contributed by atoms with Gasteiger partial charge in [0.1, 0.15) is 19.0 Å². The predicted molar refractivity (Wildman–Crippen MR) is 73.0 cm³/mol. The molecular formula is C15H15FN2O2. The average Bonchev–Trinajstić information content (AvgIpc) is 2.50. The fourth-order valence-electron chi connectivity index (χ4n) is 2.31. The number of benzene rings is 2. The van der Waals surface area contributed by atoms with Crippen LogP contribution in [0.2, 0.25) is 0 Å². The largest absolute Gasteiger partial charge is 0.486 e. The van der Waals surface area contributed by atoms with E-state index in [-0.39, 0.29) is 5.82 Å². The first-order valence-electron chi connectivity index (χ1n) is 6.39. The zero-order valence-corrected chi connectivity index (χ0v) is 10.8. The molecule has 0 fully saturated rings. The first-order chi connectivity index (χ1) is 9.79. The molecule has 2 aromatic rings. The highest BCUT2D eigenvalue weighted by atomic mass is 19.1. The van der Waals surface area contributed by atoms with Crippen molar-refractivity contribution in [2.45, 2.75) is 6.04 Å². The van der Waals surface area contributed by atoms with E-state index in [1.165, 1.54) is 6.07 Å². The van der Waals surface area contributed by atoms with Crippen LogP contribution in [-0.2, 0) is 0 Å². The molecule has 4 nitrogen and oxygen atoms in total. The van der Waals surface area contributed by atoms with Crippen LogP contribution in [-0.4, -0.2) is 13.2 Å². The number of hydrazine groups is 1. The Bertz CT molecular complexity index is 619. The van der Waals surface area contributed by atoms with Crippen LogP contribution in [0.25, 0.3) is 0 Å². The Balaban J connectivity index is 1.99. The summed E-state index contributed by atoms with van der Waals surface area (Å²) in [5.74, 6) is 6.65. The van der Waals surface area contributed by atoms with E-state index in [9.17, 15) is 4.39 Å². The van der Waals surface area contributed by atoms with Gasteiger partial charge in [0.25, 0.3) is 0 Å². The number of nitrogens with one attached hydrogen (secondary N) is 1. The van der Waals surface area contributed by atoms with Crippen molar-refractivity contribution < 1.29 is 13.9 Å². The molecule has 3 N–H and O–H groups in total. The van der Waals surface area contributed by atoms with Gasteiger partial charge < -0.3 is 9.47 Å². The van der Waals surface area contributed by atoms with Crippen molar-refractivity contribution in [2.75, 3.05) is 13.2 Å². The van der Waals surface area contributed by atoms with E-state index in [1.807, 2.05) is 18.2 Å². The van der Waals surface area contributed by atoms with Crippen molar-refractivity contribution in [2.24, 2.45) is 5.84 Å². The third-order valence-electron chi connectivity index (χ3n) is 3.28. The number of halogens is 1. The topological polar surface area (TPSA) is 56.5 Å². The van der Waals surface area contributed by atoms with E-state index in [2.05, 4.69) is 5.43 Å². The maximum atomic E-state index is 13.9. The molecule has 20 heavy (non-hydrogen) atoms. The van der Waals surface area contributed by atoms with Crippen molar-refractivity contribution in [1.29, 1.82) is 0 Å². The summed E-state index contributed by atoms with van der Waals surface area (Å²) in [6.45, 7) is 1.05. The summed E-state index contributed by atoms with van der Waals surface area (Å²) >= 11 is 0. The Morgan fingerprint density at radius 3 is 2.55 bits per heavy atom. The molecule has 1 atom stereocenters. The van der Waals surface area contributed by atoms with Gasteiger partial charge in [-0.1, -0.05) is 24.3 Å². The maximum Gasteiger partial charge on any atom is 0.161 e. The van der Waals surface area contributed by atoms with Gasteiger partial charge in [-0.3, -0.25) is 5.84 Å². The SMILES string of the molecule is NNC(c1ccc2c(c1)OCCO2)c1ccccc1F. The zero-order chi connectivity index (χ0) is 13.9. The van der Waals surface area contributed by atoms with Gasteiger partial charge in [0, 0.05) is 5.56 Å². The van der Waals surface area contributed by atoms with Gasteiger partial charge in [-0.25, -0.2) is 9.82 Å². The molecule has 0 saturated carbocycles. The van der Waals surface area contributed by atoms with E-state index in [1.54, 1.807) is 18.2 Å². The van der Waals surface area contributed by atoms with E-state index in [4.69, 9.17) is 15.3 Å². The average molecular weight is 274 g/mol. The van der Waals surface area contributed by atoms with Gasteiger partial charge in [0.2, 0.25) is 0 Å². The highest BCUT2D eigenvalue weighted by Crippen LogP contribution is 2.34. The van der Waals surface area contributed by atoms with Crippen molar-refractivity contribution in [3.63, 3.8) is 0 Å². The van der Waals surface area contributed by atoms with Crippen LogP contribution in [0.15, 0.2) is 42.5 Å². The van der Waals surface area contributed by atoms with Crippen LogP contribution in [0.5, 0.6) is 11.5 Å². The van der Waals surface area contributed by atoms with E-state index in [0.717, 1.165) is 5.56 Å². The molecule has 1 aliphatic rings. The molecule has 1 unspecified atom stereocenters. The summed E-state index contributed by atoms with van der Waals surface area (Å²) in [6.07, 6.45) is 0. The highest BCUT2D eigenvalue weighted by Gasteiger charge is 2.19. The second kappa shape index (κ2) is 5.48. The van der Waals surface area contributed by atoms with Crippen molar-refractivity contribution >= 4 is 0 Å². The van der Waals surface area contributed by atoms with Crippen molar-refractivity contribution in [1.82, 2.24) is 5.43 Å². The third kappa shape index (κ3) is 2.33. The minimum Gasteiger partial charge on any atom is -0.486 e. The molecule has 0 radical (unpaired) electrons. The predicted octanol–water partition coefficient (Wildman–Crippen LogP) is 2.15. The number of fused-ring (bicyclic) bond motifs is 1. The van der Waals surface area contributed by atoms with Crippen LogP contribution >= 0.6 is 0 Å². The minimum atomic E-state index is -0.438. The van der Waals surface area contributed by atoms with Gasteiger partial charge in [0.05, 0.1) is 6.04 Å². The van der Waals surface area contributed by atoms with Crippen LogP contribution in [0, 0.1) is 5.82 Å². The summed E-state index contributed by atoms with van der Waals surface area (Å²) in [5.41, 5.74) is 3.96. The number of hydrogen-bond donors (Lipinski definition) is 2. The Hall–Kier alpha value is -2.11. The lowest BCUT2D eigenvalue weighted by Gasteiger charge is -2.22. The quantitative estimate of drug-likeness (QED) is 0.665. The number of rotatable bonds is 3. The molecule has 0 aliphatic carbocycles. The van der Waals surface area contributed by atoms with Gasteiger partial charge >= 0.3 is 0 Å². The van der Waals surface area contributed by atoms with Gasteiger partial charge in [0.15, 0.2) is 11.5 Å². The van der Waals surface area contributed by atoms with Gasteiger partial charge in [-0.05, 0) is 23.8 Å². The van der Waals surface area contributed by atoms with Gasteiger partial charge in [-0.15, -0.1) is 0 Å². The lowest BCUT2D eigenvalue weighted by atomic mass is 9.98. The van der Waals surface area contributed by atoms with E-state index >= 15 is 0 Å². The van der Waals surface area contributed by atoms with Crippen LogP contribution in [0.1, 0.15) is 17.2 Å². The summed E-state index contributed by atoms with van der Waals surface area (Å²) in [4.78, 5) is 0. The van der Waals surface area contributed by atoms with Gasteiger partial charge in [-0.2, -0.15) is 0 Å². The molecule has 1 heterocycles. The number of ether oxygens (including phenoxy) is 2. The standard InChI is InChI=1S/C15H15FN2O2/c16-12-4-2-1-3-11(12)15(18-17)10-5-6-13-14(9-10)20-8-7-19-13/h1-6,9,15,18H,7-8,17H2.